The van der Waals surface area contributed by atoms with E-state index in [4.69, 9.17) is 4.74 Å². The molecule has 3 heteroatoms. The average Bonchev–Trinajstić information content (AvgIpc) is 2.21. The van der Waals surface area contributed by atoms with Crippen molar-refractivity contribution in [3.63, 3.8) is 0 Å². The van der Waals surface area contributed by atoms with E-state index in [0.29, 0.717) is 0 Å². The predicted molar refractivity (Wildman–Crippen MR) is 55.0 cm³/mol. The smallest absolute Gasteiger partial charge is 0.0477 e. The second kappa shape index (κ2) is 6.35. The van der Waals surface area contributed by atoms with Gasteiger partial charge < -0.3 is 10.1 Å². The number of methoxy groups -OCH3 is 1. The quantitative estimate of drug-likeness (QED) is 0.684. The fourth-order valence-corrected chi connectivity index (χ4v) is 1.95. The van der Waals surface area contributed by atoms with Gasteiger partial charge in [-0.05, 0) is 12.8 Å². The van der Waals surface area contributed by atoms with E-state index in [0.717, 1.165) is 25.7 Å². The third kappa shape index (κ3) is 3.63. The van der Waals surface area contributed by atoms with E-state index < -0.39 is 0 Å². The van der Waals surface area contributed by atoms with Crippen molar-refractivity contribution in [2.45, 2.75) is 25.8 Å². The predicted octanol–water partition coefficient (Wildman–Crippen LogP) is 0.707. The molecular weight excluding hydrogens is 164 g/mol. The van der Waals surface area contributed by atoms with Gasteiger partial charge in [-0.15, -0.1) is 0 Å². The van der Waals surface area contributed by atoms with Crippen molar-refractivity contribution in [1.29, 1.82) is 0 Å². The van der Waals surface area contributed by atoms with Crippen LogP contribution in [0.25, 0.3) is 0 Å². The minimum Gasteiger partial charge on any atom is -0.385 e. The maximum absolute atomic E-state index is 5.12. The largest absolute Gasteiger partial charge is 0.385 e. The molecule has 1 aliphatic heterocycles. The number of piperazine rings is 1. The summed E-state index contributed by atoms with van der Waals surface area (Å²) in [7, 11) is 1.78. The molecule has 0 radical (unpaired) electrons. The molecule has 13 heavy (non-hydrogen) atoms. The van der Waals surface area contributed by atoms with E-state index in [1.807, 2.05) is 0 Å². The van der Waals surface area contributed by atoms with Crippen LogP contribution in [0.5, 0.6) is 0 Å². The lowest BCUT2D eigenvalue weighted by atomic mass is 10.1. The Kier molecular flexibility index (Phi) is 5.35. The van der Waals surface area contributed by atoms with Gasteiger partial charge in [0.15, 0.2) is 0 Å². The van der Waals surface area contributed by atoms with Crippen LogP contribution in [0.1, 0.15) is 19.8 Å². The first-order valence-electron chi connectivity index (χ1n) is 5.32. The van der Waals surface area contributed by atoms with Gasteiger partial charge in [0.2, 0.25) is 0 Å². The van der Waals surface area contributed by atoms with Crippen LogP contribution in [0.3, 0.4) is 0 Å². The highest BCUT2D eigenvalue weighted by Gasteiger charge is 2.17. The summed E-state index contributed by atoms with van der Waals surface area (Å²) in [6.07, 6.45) is 2.41. The summed E-state index contributed by atoms with van der Waals surface area (Å²) < 4.78 is 5.12. The Morgan fingerprint density at radius 2 is 2.08 bits per heavy atom. The van der Waals surface area contributed by atoms with E-state index in [2.05, 4.69) is 17.1 Å². The number of rotatable bonds is 5. The number of hydrogen-bond donors (Lipinski definition) is 1. The van der Waals surface area contributed by atoms with Crippen LogP contribution in [0.4, 0.5) is 0 Å². The molecule has 0 aliphatic carbocycles. The highest BCUT2D eigenvalue weighted by Crippen LogP contribution is 2.09. The number of nitrogens with zero attached hydrogens (tertiary/aromatic N) is 1. The molecule has 0 spiro atoms. The molecule has 0 saturated carbocycles. The highest BCUT2D eigenvalue weighted by atomic mass is 16.5. The van der Waals surface area contributed by atoms with Gasteiger partial charge in [-0.1, -0.05) is 6.92 Å². The molecule has 1 atom stereocenters. The first kappa shape index (κ1) is 11.0. The van der Waals surface area contributed by atoms with Crippen LogP contribution < -0.4 is 5.32 Å². The topological polar surface area (TPSA) is 24.5 Å². The number of hydrogen-bond acceptors (Lipinski definition) is 3. The second-order valence-electron chi connectivity index (χ2n) is 3.63. The summed E-state index contributed by atoms with van der Waals surface area (Å²) in [5.41, 5.74) is 0. The third-order valence-corrected chi connectivity index (χ3v) is 2.79. The van der Waals surface area contributed by atoms with Gasteiger partial charge in [0.1, 0.15) is 0 Å². The molecule has 0 aromatic carbocycles. The first-order valence-corrected chi connectivity index (χ1v) is 5.32. The molecule has 1 unspecified atom stereocenters. The lowest BCUT2D eigenvalue weighted by Crippen LogP contribution is -2.48. The van der Waals surface area contributed by atoms with Gasteiger partial charge in [-0.25, -0.2) is 0 Å². The monoisotopic (exact) mass is 186 g/mol. The fourth-order valence-electron chi connectivity index (χ4n) is 1.95. The Bertz CT molecular complexity index is 124. The maximum atomic E-state index is 5.12. The normalized spacial score (nSPS) is 21.7. The average molecular weight is 186 g/mol. The lowest BCUT2D eigenvalue weighted by molar-refractivity contribution is 0.117. The summed E-state index contributed by atoms with van der Waals surface area (Å²) in [5.74, 6) is 0. The highest BCUT2D eigenvalue weighted by molar-refractivity contribution is 4.75. The van der Waals surface area contributed by atoms with Gasteiger partial charge in [0.05, 0.1) is 0 Å². The summed E-state index contributed by atoms with van der Waals surface area (Å²) >= 11 is 0. The molecule has 1 heterocycles. The zero-order chi connectivity index (χ0) is 9.52. The van der Waals surface area contributed by atoms with Crippen molar-refractivity contribution >= 4 is 0 Å². The summed E-state index contributed by atoms with van der Waals surface area (Å²) in [6, 6.07) is 0.724. The van der Waals surface area contributed by atoms with E-state index in [-0.39, 0.29) is 0 Å². The summed E-state index contributed by atoms with van der Waals surface area (Å²) in [4.78, 5) is 2.58. The minimum atomic E-state index is 0.724. The Balaban J connectivity index is 2.26. The van der Waals surface area contributed by atoms with Crippen LogP contribution in [-0.4, -0.2) is 50.8 Å². The summed E-state index contributed by atoms with van der Waals surface area (Å²) in [6.45, 7) is 7.84. The molecule has 0 bridgehead atoms. The van der Waals surface area contributed by atoms with Gasteiger partial charge in [0, 0.05) is 45.9 Å². The number of ether oxygens (including phenoxy) is 1. The Morgan fingerprint density at radius 1 is 1.38 bits per heavy atom. The van der Waals surface area contributed by atoms with E-state index in [1.54, 1.807) is 7.11 Å². The molecule has 0 aromatic rings. The van der Waals surface area contributed by atoms with Crippen molar-refractivity contribution in [1.82, 2.24) is 10.2 Å². The SMILES string of the molecule is CCC(CCOC)N1CCNCC1. The van der Waals surface area contributed by atoms with Gasteiger partial charge >= 0.3 is 0 Å². The second-order valence-corrected chi connectivity index (χ2v) is 3.63. The van der Waals surface area contributed by atoms with E-state index in [1.165, 1.54) is 25.9 Å². The Labute approximate surface area is 81.4 Å². The van der Waals surface area contributed by atoms with Crippen molar-refractivity contribution in [3.05, 3.63) is 0 Å². The molecule has 1 N–H and O–H groups in total. The van der Waals surface area contributed by atoms with Crippen LogP contribution in [-0.2, 0) is 4.74 Å². The Morgan fingerprint density at radius 3 is 2.62 bits per heavy atom. The van der Waals surface area contributed by atoms with Crippen molar-refractivity contribution in [2.75, 3.05) is 39.9 Å². The fraction of sp³-hybridized carbons (Fsp3) is 1.00. The molecule has 0 amide bonds. The van der Waals surface area contributed by atoms with Crippen molar-refractivity contribution in [2.24, 2.45) is 0 Å². The number of nitrogens with one attached hydrogen (secondary N) is 1. The molecule has 1 rings (SSSR count). The molecule has 78 valence electrons. The molecular formula is C10H22N2O. The first-order chi connectivity index (χ1) is 6.38. The Hall–Kier alpha value is -0.120. The zero-order valence-corrected chi connectivity index (χ0v) is 8.88. The van der Waals surface area contributed by atoms with E-state index >= 15 is 0 Å². The lowest BCUT2D eigenvalue weighted by Gasteiger charge is -2.34. The van der Waals surface area contributed by atoms with Crippen molar-refractivity contribution < 1.29 is 4.74 Å². The van der Waals surface area contributed by atoms with Crippen molar-refractivity contribution in [3.8, 4) is 0 Å². The molecule has 1 saturated heterocycles. The van der Waals surface area contributed by atoms with Gasteiger partial charge in [0.25, 0.3) is 0 Å². The van der Waals surface area contributed by atoms with Crippen LogP contribution >= 0.6 is 0 Å². The zero-order valence-electron chi connectivity index (χ0n) is 8.88. The molecule has 1 fully saturated rings. The van der Waals surface area contributed by atoms with Crippen LogP contribution in [0.2, 0.25) is 0 Å². The molecule has 1 aliphatic rings. The third-order valence-electron chi connectivity index (χ3n) is 2.79. The minimum absolute atomic E-state index is 0.724. The van der Waals surface area contributed by atoms with Crippen LogP contribution in [0.15, 0.2) is 0 Å². The standard InChI is InChI=1S/C10H22N2O/c1-3-10(4-9-13-2)12-7-5-11-6-8-12/h10-11H,3-9H2,1-2H3. The molecule has 3 nitrogen and oxygen atoms in total. The van der Waals surface area contributed by atoms with Crippen LogP contribution in [0, 0.1) is 0 Å². The molecule has 0 aromatic heterocycles. The van der Waals surface area contributed by atoms with E-state index in [9.17, 15) is 0 Å². The van der Waals surface area contributed by atoms with Gasteiger partial charge in [-0.2, -0.15) is 0 Å². The van der Waals surface area contributed by atoms with Gasteiger partial charge in [-0.3, -0.25) is 4.90 Å². The maximum Gasteiger partial charge on any atom is 0.0477 e. The summed E-state index contributed by atoms with van der Waals surface area (Å²) in [5, 5.41) is 3.38.